The first-order chi connectivity index (χ1) is 43.2. The van der Waals surface area contributed by atoms with E-state index in [1.54, 1.807) is 60.8 Å². The molecule has 0 saturated carbocycles. The molecule has 0 atom stereocenters. The second-order valence-electron chi connectivity index (χ2n) is 21.4. The van der Waals surface area contributed by atoms with Gasteiger partial charge in [0.1, 0.15) is 0 Å². The molecule has 90 heavy (non-hydrogen) atoms. The van der Waals surface area contributed by atoms with Crippen molar-refractivity contribution in [3.05, 3.63) is 265 Å². The fourth-order valence-corrected chi connectivity index (χ4v) is 11.9. The Kier molecular flexibility index (Phi) is 13.6. The normalized spacial score (nSPS) is 12.4. The number of hydrogen-bond donors (Lipinski definition) is 0. The third-order valence-electron chi connectivity index (χ3n) is 16.0. The molecule has 0 aliphatic carbocycles. The van der Waals surface area contributed by atoms with Crippen LogP contribution in [0.3, 0.4) is 0 Å². The number of fused-ring (bicyclic) bond motifs is 6. The molecule has 0 unspecified atom stereocenters. The second-order valence-corrected chi connectivity index (χ2v) is 21.4. The number of alkyl halides is 12. The number of hydrogen-bond acceptors (Lipinski definition) is 4. The largest absolute Gasteiger partial charge is 0.417 e. The Morgan fingerprint density at radius 3 is 1.22 bits per heavy atom. The highest BCUT2D eigenvalue weighted by Gasteiger charge is 2.40. The van der Waals surface area contributed by atoms with Crippen molar-refractivity contribution >= 4 is 43.6 Å². The molecule has 0 amide bonds. The summed E-state index contributed by atoms with van der Waals surface area (Å²) in [5.74, 6) is 1.04. The van der Waals surface area contributed by atoms with Gasteiger partial charge in [-0.3, -0.25) is 4.98 Å². The summed E-state index contributed by atoms with van der Waals surface area (Å²) in [7, 11) is 0. The van der Waals surface area contributed by atoms with Crippen molar-refractivity contribution in [2.45, 2.75) is 24.7 Å². The molecule has 4 heterocycles. The van der Waals surface area contributed by atoms with Gasteiger partial charge in [0.05, 0.1) is 55.7 Å². The van der Waals surface area contributed by atoms with Gasteiger partial charge in [0.2, 0.25) is 0 Å². The molecule has 14 rings (SSSR count). The fraction of sp³-hybridized carbons (Fsp3) is 0.0556. The zero-order chi connectivity index (χ0) is 62.4. The molecule has 442 valence electrons. The van der Waals surface area contributed by atoms with Crippen molar-refractivity contribution in [2.24, 2.45) is 0 Å². The Morgan fingerprint density at radius 1 is 0.278 bits per heavy atom. The van der Waals surface area contributed by atoms with Crippen LogP contribution in [0.5, 0.6) is 0 Å². The van der Waals surface area contributed by atoms with Gasteiger partial charge in [-0.05, 0) is 131 Å². The Hall–Kier alpha value is -10.9. The van der Waals surface area contributed by atoms with Gasteiger partial charge in [-0.1, -0.05) is 133 Å². The first-order valence-electron chi connectivity index (χ1n) is 27.9. The van der Waals surface area contributed by atoms with Crippen molar-refractivity contribution in [3.8, 4) is 90.2 Å². The van der Waals surface area contributed by atoms with Crippen LogP contribution in [0.2, 0.25) is 0 Å². The number of benzene rings is 10. The summed E-state index contributed by atoms with van der Waals surface area (Å²) in [5, 5.41) is 2.19. The molecule has 18 heteroatoms. The van der Waals surface area contributed by atoms with Crippen LogP contribution in [-0.4, -0.2) is 29.1 Å². The molecule has 10 aromatic carbocycles. The molecule has 0 aliphatic heterocycles. The van der Waals surface area contributed by atoms with Crippen LogP contribution in [0, 0.1) is 0 Å². The fourth-order valence-electron chi connectivity index (χ4n) is 11.9. The van der Waals surface area contributed by atoms with Crippen molar-refractivity contribution in [1.29, 1.82) is 0 Å². The summed E-state index contributed by atoms with van der Waals surface area (Å²) >= 11 is 0. The second kappa shape index (κ2) is 21.5. The van der Waals surface area contributed by atoms with Gasteiger partial charge in [-0.15, -0.1) is 0 Å². The lowest BCUT2D eigenvalue weighted by Crippen LogP contribution is -2.12. The van der Waals surface area contributed by atoms with Gasteiger partial charge in [0, 0.05) is 61.2 Å². The average molecular weight is 1220 g/mol. The minimum atomic E-state index is -5.16. The number of aromatic nitrogens is 6. The van der Waals surface area contributed by atoms with Gasteiger partial charge in [-0.25, -0.2) is 15.0 Å². The zero-order valence-corrected chi connectivity index (χ0v) is 46.3. The molecule has 14 aromatic rings. The van der Waals surface area contributed by atoms with Crippen LogP contribution in [0.4, 0.5) is 52.7 Å². The maximum atomic E-state index is 14.8. The number of rotatable bonds is 9. The highest BCUT2D eigenvalue weighted by molar-refractivity contribution is 6.12. The van der Waals surface area contributed by atoms with E-state index < -0.39 is 58.1 Å². The highest BCUT2D eigenvalue weighted by atomic mass is 19.4. The summed E-state index contributed by atoms with van der Waals surface area (Å²) in [5.41, 5.74) is 1.00. The number of para-hydroxylation sites is 2. The summed E-state index contributed by atoms with van der Waals surface area (Å²) in [6.07, 6.45) is -18.7. The van der Waals surface area contributed by atoms with E-state index in [1.807, 2.05) is 130 Å². The van der Waals surface area contributed by atoms with Crippen molar-refractivity contribution in [1.82, 2.24) is 29.1 Å². The third kappa shape index (κ3) is 10.2. The predicted octanol–water partition coefficient (Wildman–Crippen LogP) is 21.2. The molecule has 0 fully saturated rings. The van der Waals surface area contributed by atoms with Crippen LogP contribution in [0.25, 0.3) is 134 Å². The summed E-state index contributed by atoms with van der Waals surface area (Å²) in [6, 6.07) is 62.4. The van der Waals surface area contributed by atoms with Crippen molar-refractivity contribution in [2.75, 3.05) is 0 Å². The smallest absolute Gasteiger partial charge is 0.309 e. The van der Waals surface area contributed by atoms with Crippen LogP contribution in [-0.2, 0) is 24.7 Å². The molecule has 0 spiro atoms. The average Bonchev–Trinajstić information content (AvgIpc) is 1.55. The lowest BCUT2D eigenvalue weighted by atomic mass is 9.93. The maximum Gasteiger partial charge on any atom is 0.417 e. The molecule has 6 nitrogen and oxygen atoms in total. The predicted molar refractivity (Wildman–Crippen MR) is 324 cm³/mol. The van der Waals surface area contributed by atoms with E-state index in [-0.39, 0.29) is 29.1 Å². The monoisotopic (exact) mass is 1220 g/mol. The van der Waals surface area contributed by atoms with Crippen molar-refractivity contribution in [3.63, 3.8) is 0 Å². The highest BCUT2D eigenvalue weighted by Crippen LogP contribution is 2.48. The van der Waals surface area contributed by atoms with Gasteiger partial charge in [0.15, 0.2) is 17.5 Å². The Labute approximate surface area is 503 Å². The molecule has 0 bridgehead atoms. The summed E-state index contributed by atoms with van der Waals surface area (Å²) in [4.78, 5) is 19.9. The quantitative estimate of drug-likeness (QED) is 0.135. The minimum absolute atomic E-state index is 0.0175. The van der Waals surface area contributed by atoms with E-state index in [2.05, 4.69) is 0 Å². The van der Waals surface area contributed by atoms with Crippen LogP contribution < -0.4 is 0 Å². The summed E-state index contributed by atoms with van der Waals surface area (Å²) in [6.45, 7) is 0. The molecule has 0 aliphatic rings. The van der Waals surface area contributed by atoms with E-state index in [0.29, 0.717) is 118 Å². The van der Waals surface area contributed by atoms with E-state index >= 15 is 0 Å². The van der Waals surface area contributed by atoms with Crippen LogP contribution in [0.15, 0.2) is 243 Å². The first-order valence-corrected chi connectivity index (χ1v) is 27.9. The number of nitrogens with zero attached hydrogens (tertiary/aromatic N) is 6. The minimum Gasteiger partial charge on any atom is -0.309 e. The van der Waals surface area contributed by atoms with Gasteiger partial charge in [0.25, 0.3) is 0 Å². The lowest BCUT2D eigenvalue weighted by Gasteiger charge is -2.20. The number of halogens is 12. The standard InChI is InChI=1S/C72H40F12N6/c73-69(74,75)46-25-28-49(58(38-46)71(79,80)81)43-22-31-63-55(35-43)52-17-7-9-20-61(52)89(63)48-27-30-51(60-19-11-12-34-85-60)54(40-48)57-37-45(68-87-66(41-13-3-1-4-14-41)86-67(88-68)42-15-5-2-6-16-42)24-33-65(57)90-62-21-10-8-18-53(62)56-36-44(23-32-64(56)90)50-29-26-47(70(76,77)78)39-59(50)72(82,83)84/h1-40H. The van der Waals surface area contributed by atoms with Gasteiger partial charge >= 0.3 is 24.7 Å². The van der Waals surface area contributed by atoms with Gasteiger partial charge in [-0.2, -0.15) is 52.7 Å². The molecule has 4 aromatic heterocycles. The summed E-state index contributed by atoms with van der Waals surface area (Å²) < 4.78 is 176. The molecular weight excluding hydrogens is 1180 g/mol. The van der Waals surface area contributed by atoms with Gasteiger partial charge < -0.3 is 9.13 Å². The van der Waals surface area contributed by atoms with E-state index in [0.717, 1.165) is 12.1 Å². The van der Waals surface area contributed by atoms with E-state index in [1.165, 1.54) is 24.3 Å². The van der Waals surface area contributed by atoms with E-state index in [4.69, 9.17) is 19.9 Å². The first kappa shape index (κ1) is 56.9. The molecule has 0 radical (unpaired) electrons. The van der Waals surface area contributed by atoms with Crippen LogP contribution in [0.1, 0.15) is 22.3 Å². The Balaban J connectivity index is 1.04. The molecule has 0 saturated heterocycles. The third-order valence-corrected chi connectivity index (χ3v) is 16.0. The lowest BCUT2D eigenvalue weighted by molar-refractivity contribution is -0.144. The topological polar surface area (TPSA) is 61.4 Å². The molecular formula is C72H40F12N6. The molecule has 0 N–H and O–H groups in total. The van der Waals surface area contributed by atoms with Crippen molar-refractivity contribution < 1.29 is 52.7 Å². The van der Waals surface area contributed by atoms with Crippen LogP contribution >= 0.6 is 0 Å². The van der Waals surface area contributed by atoms with E-state index in [9.17, 15) is 52.7 Å². The zero-order valence-electron chi connectivity index (χ0n) is 46.3. The number of pyridine rings is 1. The maximum absolute atomic E-state index is 14.8. The Morgan fingerprint density at radius 2 is 0.722 bits per heavy atom. The SMILES string of the molecule is FC(F)(F)c1ccc(-c2ccc3c(c2)c2ccccc2n3-c2ccc(-c3ccccn3)c(-c3cc(-c4nc(-c5ccccc5)nc(-c5ccccc5)n4)ccc3-n3c4ccccc4c4cc(-c5ccc(C(F)(F)F)cc5C(F)(F)F)ccc43)c2)c(C(F)(F)F)c1. The Bertz CT molecular complexity index is 5070.